The monoisotopic (exact) mass is 404 g/mol. The van der Waals surface area contributed by atoms with Crippen LogP contribution in [0, 0.1) is 11.3 Å². The topological polar surface area (TPSA) is 113 Å². The van der Waals surface area contributed by atoms with Gasteiger partial charge in [0.1, 0.15) is 5.75 Å². The number of pyridine rings is 1. The Bertz CT molecular complexity index is 1060. The van der Waals surface area contributed by atoms with Crippen molar-refractivity contribution in [2.75, 3.05) is 24.5 Å². The van der Waals surface area contributed by atoms with Crippen molar-refractivity contribution in [2.45, 2.75) is 18.9 Å². The van der Waals surface area contributed by atoms with Crippen LogP contribution < -0.4 is 15.4 Å². The second-order valence-corrected chi connectivity index (χ2v) is 7.31. The quantitative estimate of drug-likeness (QED) is 0.649. The second-order valence-electron chi connectivity index (χ2n) is 7.31. The van der Waals surface area contributed by atoms with E-state index in [9.17, 15) is 10.4 Å². The van der Waals surface area contributed by atoms with Crippen molar-refractivity contribution in [1.82, 2.24) is 14.8 Å². The van der Waals surface area contributed by atoms with Crippen molar-refractivity contribution in [3.63, 3.8) is 0 Å². The molecule has 1 fully saturated rings. The highest BCUT2D eigenvalue weighted by Crippen LogP contribution is 2.35. The van der Waals surface area contributed by atoms with Crippen LogP contribution in [-0.2, 0) is 7.05 Å². The number of nitrogens with zero attached hydrogens (tertiary/aromatic N) is 5. The lowest BCUT2D eigenvalue weighted by atomic mass is 10.1. The Hall–Kier alpha value is -3.41. The number of hydrogen-bond donors (Lipinski definition) is 2. The van der Waals surface area contributed by atoms with Crippen molar-refractivity contribution in [3.8, 4) is 29.0 Å². The number of rotatable bonds is 6. The van der Waals surface area contributed by atoms with Crippen LogP contribution in [0.2, 0.25) is 0 Å². The molecule has 8 heteroatoms. The van der Waals surface area contributed by atoms with Crippen molar-refractivity contribution in [3.05, 3.63) is 53.7 Å². The maximum Gasteiger partial charge on any atom is 0.219 e. The van der Waals surface area contributed by atoms with E-state index in [1.165, 1.54) is 12.8 Å². The number of ether oxygens (including phenoxy) is 1. The highest BCUT2D eigenvalue weighted by atomic mass is 16.5. The summed E-state index contributed by atoms with van der Waals surface area (Å²) in [7, 11) is 1.84. The van der Waals surface area contributed by atoms with Gasteiger partial charge in [-0.3, -0.25) is 4.98 Å². The zero-order chi connectivity index (χ0) is 21.1. The van der Waals surface area contributed by atoms with E-state index < -0.39 is 6.10 Å². The second kappa shape index (κ2) is 8.53. The molecular formula is C22H24N6O2. The third-order valence-corrected chi connectivity index (χ3v) is 5.25. The van der Waals surface area contributed by atoms with Crippen LogP contribution >= 0.6 is 0 Å². The van der Waals surface area contributed by atoms with Gasteiger partial charge in [0.25, 0.3) is 0 Å². The smallest absolute Gasteiger partial charge is 0.219 e. The number of aliphatic hydroxyl groups is 1. The molecule has 1 unspecified atom stereocenters. The van der Waals surface area contributed by atoms with E-state index in [4.69, 9.17) is 10.5 Å². The molecule has 30 heavy (non-hydrogen) atoms. The molecule has 1 aromatic carbocycles. The normalized spacial score (nSPS) is 14.5. The summed E-state index contributed by atoms with van der Waals surface area (Å²) in [5.74, 6) is 1.99. The first-order valence-electron chi connectivity index (χ1n) is 9.94. The van der Waals surface area contributed by atoms with Crippen LogP contribution in [0.1, 0.15) is 30.1 Å². The molecule has 1 saturated heterocycles. The van der Waals surface area contributed by atoms with Crippen LogP contribution in [-0.4, -0.2) is 39.5 Å². The Balaban J connectivity index is 1.67. The first kappa shape index (κ1) is 19.9. The van der Waals surface area contributed by atoms with E-state index in [0.717, 1.165) is 24.5 Å². The van der Waals surface area contributed by atoms with Gasteiger partial charge in [-0.15, -0.1) is 0 Å². The number of hydrogen-bond acceptors (Lipinski definition) is 7. The SMILES string of the molecule is Cn1nc(N2CCCC2)cc1Oc1cc(C#N)ccc1-c1ccc(C(O)CN)cn1. The summed E-state index contributed by atoms with van der Waals surface area (Å²) in [4.78, 5) is 6.70. The Morgan fingerprint density at radius 2 is 2.03 bits per heavy atom. The number of aliphatic hydroxyl groups excluding tert-OH is 1. The molecule has 0 spiro atoms. The molecule has 0 radical (unpaired) electrons. The molecule has 1 aliphatic heterocycles. The number of nitriles is 1. The van der Waals surface area contributed by atoms with Crippen LogP contribution in [0.5, 0.6) is 11.6 Å². The molecule has 0 bridgehead atoms. The first-order valence-corrected chi connectivity index (χ1v) is 9.94. The van der Waals surface area contributed by atoms with Gasteiger partial charge >= 0.3 is 0 Å². The highest BCUT2D eigenvalue weighted by Gasteiger charge is 2.19. The van der Waals surface area contributed by atoms with Gasteiger partial charge in [0.2, 0.25) is 5.88 Å². The number of aryl methyl sites for hydroxylation is 1. The van der Waals surface area contributed by atoms with Gasteiger partial charge in [0, 0.05) is 50.1 Å². The van der Waals surface area contributed by atoms with Crippen molar-refractivity contribution in [2.24, 2.45) is 12.8 Å². The fourth-order valence-corrected chi connectivity index (χ4v) is 3.53. The minimum atomic E-state index is -0.748. The minimum absolute atomic E-state index is 0.131. The molecule has 3 N–H and O–H groups in total. The van der Waals surface area contributed by atoms with Crippen LogP contribution in [0.15, 0.2) is 42.6 Å². The van der Waals surface area contributed by atoms with Gasteiger partial charge < -0.3 is 20.5 Å². The van der Waals surface area contributed by atoms with E-state index in [-0.39, 0.29) is 6.54 Å². The van der Waals surface area contributed by atoms with E-state index in [1.54, 1.807) is 35.1 Å². The van der Waals surface area contributed by atoms with Crippen molar-refractivity contribution < 1.29 is 9.84 Å². The van der Waals surface area contributed by atoms with Gasteiger partial charge in [0.05, 0.1) is 23.4 Å². The predicted octanol–water partition coefficient (Wildman–Crippen LogP) is 2.74. The van der Waals surface area contributed by atoms with Gasteiger partial charge in [-0.1, -0.05) is 6.07 Å². The summed E-state index contributed by atoms with van der Waals surface area (Å²) in [6.45, 7) is 2.12. The summed E-state index contributed by atoms with van der Waals surface area (Å²) in [6.07, 6.45) is 3.19. The lowest BCUT2D eigenvalue weighted by Gasteiger charge is -2.13. The summed E-state index contributed by atoms with van der Waals surface area (Å²) in [6, 6.07) is 12.9. The number of aromatic nitrogens is 3. The maximum absolute atomic E-state index is 9.89. The van der Waals surface area contributed by atoms with E-state index in [2.05, 4.69) is 21.1 Å². The lowest BCUT2D eigenvalue weighted by Crippen LogP contribution is -2.18. The zero-order valence-corrected chi connectivity index (χ0v) is 16.8. The molecule has 1 atom stereocenters. The van der Waals surface area contributed by atoms with E-state index in [1.807, 2.05) is 19.2 Å². The van der Waals surface area contributed by atoms with Crippen LogP contribution in [0.3, 0.4) is 0 Å². The molecule has 4 rings (SSSR count). The van der Waals surface area contributed by atoms with Crippen molar-refractivity contribution in [1.29, 1.82) is 5.26 Å². The Morgan fingerprint density at radius 1 is 1.23 bits per heavy atom. The molecule has 2 aromatic heterocycles. The molecule has 0 saturated carbocycles. The number of nitrogens with two attached hydrogens (primary N) is 1. The summed E-state index contributed by atoms with van der Waals surface area (Å²) in [5, 5.41) is 23.8. The fourth-order valence-electron chi connectivity index (χ4n) is 3.53. The average Bonchev–Trinajstić information content (AvgIpc) is 3.43. The van der Waals surface area contributed by atoms with E-state index in [0.29, 0.717) is 28.5 Å². The Morgan fingerprint density at radius 3 is 2.70 bits per heavy atom. The van der Waals surface area contributed by atoms with E-state index >= 15 is 0 Å². The van der Waals surface area contributed by atoms with Gasteiger partial charge in [0.15, 0.2) is 5.82 Å². The molecule has 3 aromatic rings. The zero-order valence-electron chi connectivity index (χ0n) is 16.8. The highest BCUT2D eigenvalue weighted by molar-refractivity contribution is 5.69. The average molecular weight is 404 g/mol. The fraction of sp³-hybridized carbons (Fsp3) is 0.318. The Kier molecular flexibility index (Phi) is 5.65. The molecule has 0 aliphatic carbocycles. The molecular weight excluding hydrogens is 380 g/mol. The first-order chi connectivity index (χ1) is 14.6. The number of benzene rings is 1. The van der Waals surface area contributed by atoms with Gasteiger partial charge in [-0.25, -0.2) is 4.68 Å². The predicted molar refractivity (Wildman–Crippen MR) is 113 cm³/mol. The Labute approximate surface area is 175 Å². The summed E-state index contributed by atoms with van der Waals surface area (Å²) < 4.78 is 7.89. The van der Waals surface area contributed by atoms with Crippen LogP contribution in [0.4, 0.5) is 5.82 Å². The van der Waals surface area contributed by atoms with Crippen molar-refractivity contribution >= 4 is 5.82 Å². The maximum atomic E-state index is 9.89. The standard InChI is InChI=1S/C22H24N6O2/c1-27-22(11-21(26-27)28-8-2-3-9-28)30-20-10-15(12-23)4-6-17(20)18-7-5-16(14-25-18)19(29)13-24/h4-7,10-11,14,19,29H,2-3,8-9,13,24H2,1H3. The number of anilines is 1. The summed E-state index contributed by atoms with van der Waals surface area (Å²) >= 11 is 0. The van der Waals surface area contributed by atoms with Gasteiger partial charge in [-0.2, -0.15) is 10.4 Å². The largest absolute Gasteiger partial charge is 0.438 e. The third kappa shape index (κ3) is 3.99. The van der Waals surface area contributed by atoms with Crippen LogP contribution in [0.25, 0.3) is 11.3 Å². The third-order valence-electron chi connectivity index (χ3n) is 5.25. The summed E-state index contributed by atoms with van der Waals surface area (Å²) in [5.41, 5.74) is 8.07. The molecule has 1 aliphatic rings. The lowest BCUT2D eigenvalue weighted by molar-refractivity contribution is 0.186. The molecule has 8 nitrogen and oxygen atoms in total. The molecule has 154 valence electrons. The molecule has 3 heterocycles. The van der Waals surface area contributed by atoms with Gasteiger partial charge in [-0.05, 0) is 37.1 Å². The minimum Gasteiger partial charge on any atom is -0.438 e. The molecule has 0 amide bonds.